The van der Waals surface area contributed by atoms with Crippen molar-refractivity contribution in [3.8, 4) is 55.9 Å². The van der Waals surface area contributed by atoms with Gasteiger partial charge in [-0.3, -0.25) is 0 Å². The molecule has 0 bridgehead atoms. The Morgan fingerprint density at radius 3 is 0.905 bits per heavy atom. The van der Waals surface area contributed by atoms with Crippen molar-refractivity contribution in [2.24, 2.45) is 0 Å². The van der Waals surface area contributed by atoms with Crippen molar-refractivity contribution >= 4 is 101 Å². The lowest BCUT2D eigenvalue weighted by Gasteiger charge is -2.46. The number of benzene rings is 13. The van der Waals surface area contributed by atoms with E-state index in [9.17, 15) is 0 Å². The molecule has 2 aromatic heterocycles. The van der Waals surface area contributed by atoms with Crippen LogP contribution >= 0.6 is 0 Å². The number of anilines is 6. The van der Waals surface area contributed by atoms with E-state index in [0.717, 1.165) is 34.1 Å². The number of hydrogen-bond donors (Lipinski definition) is 0. The van der Waals surface area contributed by atoms with Crippen molar-refractivity contribution in [2.75, 3.05) is 9.80 Å². The van der Waals surface area contributed by atoms with Crippen LogP contribution in [0.25, 0.3) is 99.5 Å². The van der Waals surface area contributed by atoms with Gasteiger partial charge in [0, 0.05) is 66.8 Å². The van der Waals surface area contributed by atoms with Crippen molar-refractivity contribution in [1.82, 2.24) is 9.13 Å². The highest BCUT2D eigenvalue weighted by Crippen LogP contribution is 2.52. The molecule has 17 rings (SSSR count). The third-order valence-corrected chi connectivity index (χ3v) is 20.4. The summed E-state index contributed by atoms with van der Waals surface area (Å²) in [5.74, 6) is 0. The third kappa shape index (κ3) is 9.57. The summed E-state index contributed by atoms with van der Waals surface area (Å²) in [5.41, 5.74) is 30.5. The Hall–Kier alpha value is -10.9. The topological polar surface area (TPSA) is 16.3 Å². The molecule has 0 atom stereocenters. The van der Waals surface area contributed by atoms with Gasteiger partial charge in [-0.15, -0.1) is 0 Å². The van der Waals surface area contributed by atoms with Crippen molar-refractivity contribution in [3.63, 3.8) is 0 Å². The van der Waals surface area contributed by atoms with Gasteiger partial charge in [0.05, 0.1) is 33.4 Å². The van der Waals surface area contributed by atoms with E-state index >= 15 is 0 Å². The summed E-state index contributed by atoms with van der Waals surface area (Å²) in [7, 11) is 0. The SMILES string of the molecule is CC(C)(C)c1ccc(N2c3cc(-n4c5ccccc5c5ccccc54)ccc3B3c4ccc(-n5c6ccccc6c6ccccc65)cc4N(c4ccc(C(C)(C)C)cc4-c4ccc(-c5ccccc5)cc4)c4cc(C(C)(C)C)cc2c43)c(-c2ccc(-c3ccccc3)cc2)c1. The third-order valence-electron chi connectivity index (χ3n) is 20.4. The molecule has 0 fully saturated rings. The lowest BCUT2D eigenvalue weighted by Crippen LogP contribution is -2.61. The van der Waals surface area contributed by atoms with E-state index in [1.807, 2.05) is 0 Å². The molecule has 2 aliphatic rings. The van der Waals surface area contributed by atoms with Crippen LogP contribution in [-0.4, -0.2) is 15.8 Å². The van der Waals surface area contributed by atoms with Crippen LogP contribution in [0.2, 0.25) is 0 Å². The van der Waals surface area contributed by atoms with Crippen molar-refractivity contribution in [3.05, 3.63) is 308 Å². The minimum atomic E-state index is -0.271. The molecular weight excluding hydrogens is 1150 g/mol. The van der Waals surface area contributed by atoms with Gasteiger partial charge in [0.1, 0.15) is 0 Å². The summed E-state index contributed by atoms with van der Waals surface area (Å²) >= 11 is 0. The summed E-state index contributed by atoms with van der Waals surface area (Å²) in [4.78, 5) is 5.34. The molecule has 0 saturated carbocycles. The van der Waals surface area contributed by atoms with Crippen LogP contribution in [-0.2, 0) is 16.2 Å². The van der Waals surface area contributed by atoms with E-state index in [4.69, 9.17) is 0 Å². The number of fused-ring (bicyclic) bond motifs is 10. The summed E-state index contributed by atoms with van der Waals surface area (Å²) in [6.07, 6.45) is 0. The molecule has 0 unspecified atom stereocenters. The molecule has 0 saturated heterocycles. The lowest BCUT2D eigenvalue weighted by atomic mass is 9.33. The standard InChI is InChI=1S/C90H75BN4/c1-88(2,3)64-44-50-81(73(52-64)62-40-36-60(37-41-62)58-24-12-10-13-25-58)94-83-56-67(92-77-32-20-16-28-69(77)70-29-17-21-33-78(70)92)46-48-75(83)91-76-49-47-68(93-79-34-22-18-30-71(79)72-31-19-23-35-80(72)93)57-84(76)95(86-55-66(90(7,8)9)54-85(94)87(86)91)82-51-45-65(89(4,5)6)53-74(82)63-42-38-61(39-43-63)59-26-14-11-15-27-59/h10-57H,1-9H3. The lowest BCUT2D eigenvalue weighted by molar-refractivity contribution is 0.590. The Bertz CT molecular complexity index is 5100. The normalized spacial score (nSPS) is 13.0. The summed E-state index contributed by atoms with van der Waals surface area (Å²) < 4.78 is 4.98. The highest BCUT2D eigenvalue weighted by atomic mass is 15.2. The maximum atomic E-state index is 2.67. The van der Waals surface area contributed by atoms with Gasteiger partial charge in [-0.25, -0.2) is 0 Å². The van der Waals surface area contributed by atoms with Gasteiger partial charge in [-0.1, -0.05) is 269 Å². The largest absolute Gasteiger partial charge is 0.311 e. The first-order valence-electron chi connectivity index (χ1n) is 33.7. The zero-order valence-electron chi connectivity index (χ0n) is 55.6. The number of nitrogens with zero attached hydrogens (tertiary/aromatic N) is 4. The molecule has 0 amide bonds. The molecule has 458 valence electrons. The first-order valence-corrected chi connectivity index (χ1v) is 33.7. The molecule has 0 aliphatic carbocycles. The minimum absolute atomic E-state index is 0.123. The predicted octanol–water partition coefficient (Wildman–Crippen LogP) is 22.5. The van der Waals surface area contributed by atoms with Gasteiger partial charge < -0.3 is 18.9 Å². The van der Waals surface area contributed by atoms with Crippen molar-refractivity contribution < 1.29 is 0 Å². The van der Waals surface area contributed by atoms with Crippen molar-refractivity contribution in [1.29, 1.82) is 0 Å². The Morgan fingerprint density at radius 2 is 0.558 bits per heavy atom. The fraction of sp³-hybridized carbons (Fsp3) is 0.133. The molecule has 15 aromatic rings. The molecule has 13 aromatic carbocycles. The molecular formula is C90H75BN4. The Labute approximate surface area is 558 Å². The zero-order valence-corrected chi connectivity index (χ0v) is 55.6. The first-order chi connectivity index (χ1) is 46.0. The smallest absolute Gasteiger partial charge is 0.252 e. The van der Waals surface area contributed by atoms with Crippen LogP contribution < -0.4 is 26.2 Å². The Morgan fingerprint density at radius 1 is 0.242 bits per heavy atom. The maximum Gasteiger partial charge on any atom is 0.252 e. The molecule has 0 N–H and O–H groups in total. The summed E-state index contributed by atoms with van der Waals surface area (Å²) in [6.45, 7) is 21.0. The molecule has 95 heavy (non-hydrogen) atoms. The quantitative estimate of drug-likeness (QED) is 0.141. The summed E-state index contributed by atoms with van der Waals surface area (Å²) in [5, 5.41) is 4.96. The second-order valence-electron chi connectivity index (χ2n) is 29.4. The first kappa shape index (κ1) is 58.0. The van der Waals surface area contributed by atoms with E-state index in [-0.39, 0.29) is 23.0 Å². The second kappa shape index (κ2) is 21.9. The van der Waals surface area contributed by atoms with Crippen LogP contribution in [0.5, 0.6) is 0 Å². The molecule has 2 aliphatic heterocycles. The predicted molar refractivity (Wildman–Crippen MR) is 407 cm³/mol. The van der Waals surface area contributed by atoms with E-state index in [1.54, 1.807) is 0 Å². The highest BCUT2D eigenvalue weighted by molar-refractivity contribution is 7.00. The van der Waals surface area contributed by atoms with E-state index in [1.165, 1.54) is 133 Å². The van der Waals surface area contributed by atoms with Gasteiger partial charge in [0.25, 0.3) is 6.71 Å². The number of aromatic nitrogens is 2. The number of rotatable bonds is 8. The number of hydrogen-bond acceptors (Lipinski definition) is 2. The molecule has 0 spiro atoms. The van der Waals surface area contributed by atoms with Crippen LogP contribution in [0.3, 0.4) is 0 Å². The van der Waals surface area contributed by atoms with E-state index in [2.05, 4.69) is 372 Å². The number of para-hydroxylation sites is 4. The van der Waals surface area contributed by atoms with Gasteiger partial charge in [-0.05, 0) is 168 Å². The maximum absolute atomic E-state index is 2.67. The molecule has 0 radical (unpaired) electrons. The van der Waals surface area contributed by atoms with Crippen molar-refractivity contribution in [2.45, 2.75) is 78.6 Å². The minimum Gasteiger partial charge on any atom is -0.311 e. The highest BCUT2D eigenvalue weighted by Gasteiger charge is 2.46. The van der Waals surface area contributed by atoms with Crippen LogP contribution in [0, 0.1) is 0 Å². The van der Waals surface area contributed by atoms with Crippen LogP contribution in [0.1, 0.15) is 79.0 Å². The van der Waals surface area contributed by atoms with Gasteiger partial charge in [-0.2, -0.15) is 0 Å². The monoisotopic (exact) mass is 1220 g/mol. The van der Waals surface area contributed by atoms with Gasteiger partial charge in [0.15, 0.2) is 0 Å². The van der Waals surface area contributed by atoms with E-state index < -0.39 is 0 Å². The van der Waals surface area contributed by atoms with Crippen LogP contribution in [0.4, 0.5) is 34.1 Å². The fourth-order valence-corrected chi connectivity index (χ4v) is 15.4. The second-order valence-corrected chi connectivity index (χ2v) is 29.4. The molecule has 5 heteroatoms. The Kier molecular flexibility index (Phi) is 13.3. The average Bonchev–Trinajstić information content (AvgIpc) is 1.24. The fourth-order valence-electron chi connectivity index (χ4n) is 15.4. The van der Waals surface area contributed by atoms with Gasteiger partial charge >= 0.3 is 0 Å². The van der Waals surface area contributed by atoms with Gasteiger partial charge in [0.2, 0.25) is 0 Å². The Balaban J connectivity index is 0.992. The zero-order chi connectivity index (χ0) is 64.6. The summed E-state index contributed by atoms with van der Waals surface area (Å²) in [6, 6.07) is 110. The molecule has 4 nitrogen and oxygen atoms in total. The molecule has 4 heterocycles. The van der Waals surface area contributed by atoms with Crippen LogP contribution in [0.15, 0.2) is 291 Å². The average molecular weight is 1220 g/mol. The van der Waals surface area contributed by atoms with E-state index in [0.29, 0.717) is 0 Å².